The summed E-state index contributed by atoms with van der Waals surface area (Å²) in [6.07, 6.45) is -0.823. The number of aliphatic hydroxyl groups is 2. The molecule has 5 rings (SSSR count). The summed E-state index contributed by atoms with van der Waals surface area (Å²) in [4.78, 5) is 11.2. The summed E-state index contributed by atoms with van der Waals surface area (Å²) in [6, 6.07) is 9.15. The first-order chi connectivity index (χ1) is 16.5. The molecule has 2 fully saturated rings. The van der Waals surface area contributed by atoms with E-state index in [0.717, 1.165) is 31.7 Å². The molecule has 2 aromatic rings. The van der Waals surface area contributed by atoms with Crippen molar-refractivity contribution < 1.29 is 38.0 Å². The highest BCUT2D eigenvalue weighted by atomic mass is 19.4. The van der Waals surface area contributed by atoms with Crippen LogP contribution in [0.3, 0.4) is 0 Å². The predicted octanol–water partition coefficient (Wildman–Crippen LogP) is 5.13. The number of alkyl halides is 3. The Morgan fingerprint density at radius 2 is 1.83 bits per heavy atom. The minimum atomic E-state index is -4.45. The summed E-state index contributed by atoms with van der Waals surface area (Å²) in [5.41, 5.74) is -2.52. The van der Waals surface area contributed by atoms with Gasteiger partial charge in [-0.1, -0.05) is 25.0 Å². The lowest BCUT2D eigenvalue weighted by Gasteiger charge is -2.35. The van der Waals surface area contributed by atoms with Crippen molar-refractivity contribution in [2.45, 2.75) is 75.0 Å². The van der Waals surface area contributed by atoms with Crippen LogP contribution in [-0.4, -0.2) is 27.0 Å². The lowest BCUT2D eigenvalue weighted by atomic mass is 9.85. The summed E-state index contributed by atoms with van der Waals surface area (Å²) < 4.78 is 47.1. The Bertz CT molecular complexity index is 1150. The van der Waals surface area contributed by atoms with Crippen molar-refractivity contribution in [1.29, 1.82) is 0 Å². The van der Waals surface area contributed by atoms with Gasteiger partial charge in [0.1, 0.15) is 18.0 Å². The maximum absolute atomic E-state index is 13.8. The second kappa shape index (κ2) is 8.41. The third-order valence-electron chi connectivity index (χ3n) is 7.88. The maximum Gasteiger partial charge on any atom is 0.416 e. The fourth-order valence-electron chi connectivity index (χ4n) is 6.09. The average Bonchev–Trinajstić information content (AvgIpc) is 3.46. The summed E-state index contributed by atoms with van der Waals surface area (Å²) in [5, 5.41) is 34.5. The maximum atomic E-state index is 13.8. The number of nitrogens with one attached hydrogen (secondary N) is 1. The van der Waals surface area contributed by atoms with Crippen molar-refractivity contribution in [2.24, 2.45) is 5.92 Å². The van der Waals surface area contributed by atoms with Gasteiger partial charge in [0.05, 0.1) is 12.0 Å². The first kappa shape index (κ1) is 23.9. The van der Waals surface area contributed by atoms with Gasteiger partial charge >= 0.3 is 12.1 Å². The Labute approximate surface area is 200 Å². The Hall–Kier alpha value is -2.78. The zero-order valence-corrected chi connectivity index (χ0v) is 19.1. The van der Waals surface area contributed by atoms with Gasteiger partial charge in [0, 0.05) is 17.2 Å². The fraction of sp³-hybridized carbons (Fsp3) is 0.500. The Kier molecular flexibility index (Phi) is 5.75. The molecule has 3 atom stereocenters. The normalized spacial score (nSPS) is 28.0. The topological polar surface area (TPSA) is 99.0 Å². The van der Waals surface area contributed by atoms with Gasteiger partial charge in [-0.05, 0) is 67.0 Å². The van der Waals surface area contributed by atoms with E-state index in [1.165, 1.54) is 0 Å². The van der Waals surface area contributed by atoms with E-state index in [0.29, 0.717) is 34.5 Å². The molecule has 3 unspecified atom stereocenters. The molecular weight excluding hydrogens is 463 g/mol. The molecule has 0 saturated heterocycles. The van der Waals surface area contributed by atoms with Gasteiger partial charge in [0.2, 0.25) is 0 Å². The van der Waals surface area contributed by atoms with E-state index in [1.807, 2.05) is 0 Å². The monoisotopic (exact) mass is 491 g/mol. The van der Waals surface area contributed by atoms with Crippen LogP contribution in [0.15, 0.2) is 36.4 Å². The summed E-state index contributed by atoms with van der Waals surface area (Å²) in [6.45, 7) is -0.0927. The van der Waals surface area contributed by atoms with Crippen LogP contribution in [0.2, 0.25) is 0 Å². The Morgan fingerprint density at radius 3 is 2.51 bits per heavy atom. The van der Waals surface area contributed by atoms with Crippen molar-refractivity contribution in [3.63, 3.8) is 0 Å². The highest BCUT2D eigenvalue weighted by Gasteiger charge is 2.64. The summed E-state index contributed by atoms with van der Waals surface area (Å²) >= 11 is 0. The quantitative estimate of drug-likeness (QED) is 0.447. The number of benzene rings is 2. The van der Waals surface area contributed by atoms with Gasteiger partial charge in [-0.25, -0.2) is 0 Å². The Morgan fingerprint density at radius 1 is 1.09 bits per heavy atom. The van der Waals surface area contributed by atoms with E-state index >= 15 is 0 Å². The molecule has 2 aliphatic carbocycles. The van der Waals surface area contributed by atoms with E-state index in [1.54, 1.807) is 30.3 Å². The molecule has 6 nitrogen and oxygen atoms in total. The van der Waals surface area contributed by atoms with Crippen LogP contribution in [0.5, 0.6) is 5.75 Å². The second-order valence-corrected chi connectivity index (χ2v) is 9.98. The molecule has 0 aromatic heterocycles. The van der Waals surface area contributed by atoms with Gasteiger partial charge in [-0.3, -0.25) is 4.79 Å². The van der Waals surface area contributed by atoms with Crippen molar-refractivity contribution in [3.05, 3.63) is 58.7 Å². The third-order valence-corrected chi connectivity index (χ3v) is 7.88. The first-order valence-corrected chi connectivity index (χ1v) is 11.9. The lowest BCUT2D eigenvalue weighted by molar-refractivity contribution is -0.148. The zero-order valence-electron chi connectivity index (χ0n) is 19.1. The number of anilines is 1. The molecule has 2 aromatic carbocycles. The highest BCUT2D eigenvalue weighted by Crippen LogP contribution is 2.58. The van der Waals surface area contributed by atoms with Crippen LogP contribution < -0.4 is 10.1 Å². The number of halogens is 3. The van der Waals surface area contributed by atoms with E-state index in [2.05, 4.69) is 5.32 Å². The smallest absolute Gasteiger partial charge is 0.416 e. The van der Waals surface area contributed by atoms with Crippen LogP contribution in [0, 0.1) is 5.92 Å². The molecule has 35 heavy (non-hydrogen) atoms. The SMILES string of the molecule is O=C(O)CC1CCC2(O)c3cc(OCc4ccc(C5CCCC5)c(C(F)(F)F)c4)ccc3NC12O. The van der Waals surface area contributed by atoms with Crippen LogP contribution in [0.4, 0.5) is 18.9 Å². The molecule has 0 spiro atoms. The van der Waals surface area contributed by atoms with E-state index in [-0.39, 0.29) is 25.4 Å². The molecule has 0 amide bonds. The van der Waals surface area contributed by atoms with E-state index in [4.69, 9.17) is 9.84 Å². The summed E-state index contributed by atoms with van der Waals surface area (Å²) in [5.74, 6) is -1.48. The molecule has 9 heteroatoms. The fourth-order valence-corrected chi connectivity index (χ4v) is 6.09. The predicted molar refractivity (Wildman–Crippen MR) is 121 cm³/mol. The largest absolute Gasteiger partial charge is 0.489 e. The van der Waals surface area contributed by atoms with Gasteiger partial charge in [0.25, 0.3) is 0 Å². The van der Waals surface area contributed by atoms with Crippen molar-refractivity contribution in [3.8, 4) is 5.75 Å². The van der Waals surface area contributed by atoms with Crippen LogP contribution >= 0.6 is 0 Å². The van der Waals surface area contributed by atoms with Crippen molar-refractivity contribution >= 4 is 11.7 Å². The summed E-state index contributed by atoms with van der Waals surface area (Å²) in [7, 11) is 0. The van der Waals surface area contributed by atoms with Crippen molar-refractivity contribution in [1.82, 2.24) is 0 Å². The van der Waals surface area contributed by atoms with Crippen LogP contribution in [0.1, 0.15) is 73.1 Å². The van der Waals surface area contributed by atoms with Crippen LogP contribution in [0.25, 0.3) is 0 Å². The molecule has 0 bridgehead atoms. The minimum Gasteiger partial charge on any atom is -0.489 e. The average molecular weight is 492 g/mol. The molecule has 1 aliphatic heterocycles. The molecular formula is C26H28F3NO5. The molecule has 2 saturated carbocycles. The zero-order chi connectivity index (χ0) is 25.0. The third kappa shape index (κ3) is 4.04. The molecule has 3 aliphatic rings. The highest BCUT2D eigenvalue weighted by molar-refractivity contribution is 5.70. The number of hydrogen-bond acceptors (Lipinski definition) is 5. The molecule has 0 radical (unpaired) electrons. The van der Waals surface area contributed by atoms with Gasteiger partial charge < -0.3 is 25.4 Å². The van der Waals surface area contributed by atoms with Gasteiger partial charge in [-0.2, -0.15) is 13.2 Å². The lowest BCUT2D eigenvalue weighted by Crippen LogP contribution is -2.53. The number of carboxylic acid groups (broad SMARTS) is 1. The second-order valence-electron chi connectivity index (χ2n) is 9.98. The van der Waals surface area contributed by atoms with E-state index in [9.17, 15) is 28.2 Å². The van der Waals surface area contributed by atoms with Crippen LogP contribution in [-0.2, 0) is 23.2 Å². The standard InChI is InChI=1S/C26H28F3NO5/c27-26(28,29)20-11-15(5-7-19(20)16-3-1-2-4-16)14-35-18-6-8-22-21(13-18)24(33)10-9-17(12-23(31)32)25(24,34)30-22/h5-8,11,13,16-17,30,33-34H,1-4,9-10,12,14H2,(H,31,32). The first-order valence-electron chi connectivity index (χ1n) is 11.9. The molecule has 1 heterocycles. The number of carbonyl (C=O) groups is 1. The molecule has 188 valence electrons. The molecule has 4 N–H and O–H groups in total. The number of carboxylic acids is 1. The number of aliphatic carboxylic acids is 1. The number of hydrogen-bond donors (Lipinski definition) is 4. The number of ether oxygens (including phenoxy) is 1. The number of rotatable bonds is 6. The minimum absolute atomic E-state index is 0.0679. The number of fused-ring (bicyclic) bond motifs is 3. The van der Waals surface area contributed by atoms with Gasteiger partial charge in [0.15, 0.2) is 5.72 Å². The Balaban J connectivity index is 1.36. The van der Waals surface area contributed by atoms with Crippen molar-refractivity contribution in [2.75, 3.05) is 5.32 Å². The van der Waals surface area contributed by atoms with Gasteiger partial charge in [-0.15, -0.1) is 0 Å². The van der Waals surface area contributed by atoms with E-state index < -0.39 is 35.0 Å².